The van der Waals surface area contributed by atoms with E-state index in [4.69, 9.17) is 14.2 Å². The predicted octanol–water partition coefficient (Wildman–Crippen LogP) is 18.8. The van der Waals surface area contributed by atoms with Crippen molar-refractivity contribution >= 4 is 17.9 Å². The van der Waals surface area contributed by atoms with Gasteiger partial charge in [-0.1, -0.05) is 221 Å². The molecule has 0 spiro atoms. The molecule has 0 aliphatic carbocycles. The molecule has 1 unspecified atom stereocenters. The SMILES string of the molecule is CCCCC/C=C\C=C/CCCCCCCCCCCCC(=O)OCC(COC(=O)CCCCC/C=C\CCCCCCCC)OC(=O)CCC/C=C\C/C=C\C/C=C\C/C=C\CCCCC. The molecule has 0 amide bonds. The van der Waals surface area contributed by atoms with Gasteiger partial charge in [0.2, 0.25) is 0 Å². The highest BCUT2D eigenvalue weighted by atomic mass is 16.6. The third-order valence-corrected chi connectivity index (χ3v) is 11.9. The van der Waals surface area contributed by atoms with E-state index in [9.17, 15) is 14.4 Å². The second-order valence-corrected chi connectivity index (χ2v) is 18.5. The first-order valence-corrected chi connectivity index (χ1v) is 28.1. The highest BCUT2D eigenvalue weighted by molar-refractivity contribution is 5.71. The lowest BCUT2D eigenvalue weighted by Crippen LogP contribution is -2.30. The van der Waals surface area contributed by atoms with Crippen LogP contribution in [0.15, 0.2) is 85.1 Å². The maximum absolute atomic E-state index is 12.8. The Bertz CT molecular complexity index is 1300. The maximum atomic E-state index is 12.8. The average molecular weight is 933 g/mol. The summed E-state index contributed by atoms with van der Waals surface area (Å²) in [6.45, 7) is 6.52. The van der Waals surface area contributed by atoms with Gasteiger partial charge >= 0.3 is 17.9 Å². The fraction of sp³-hybridized carbons (Fsp3) is 0.721. The van der Waals surface area contributed by atoms with Gasteiger partial charge < -0.3 is 14.2 Å². The van der Waals surface area contributed by atoms with Crippen LogP contribution < -0.4 is 0 Å². The van der Waals surface area contributed by atoms with Crippen molar-refractivity contribution in [3.63, 3.8) is 0 Å². The second kappa shape index (κ2) is 55.2. The quantitative estimate of drug-likeness (QED) is 0.0199. The smallest absolute Gasteiger partial charge is 0.306 e. The first kappa shape index (κ1) is 63.6. The van der Waals surface area contributed by atoms with E-state index in [-0.39, 0.29) is 37.5 Å². The van der Waals surface area contributed by atoms with Crippen LogP contribution in [0.5, 0.6) is 0 Å². The Labute approximate surface area is 414 Å². The summed E-state index contributed by atoms with van der Waals surface area (Å²) in [7, 11) is 0. The average Bonchev–Trinajstić information content (AvgIpc) is 3.33. The summed E-state index contributed by atoms with van der Waals surface area (Å²) in [5.41, 5.74) is 0. The van der Waals surface area contributed by atoms with Crippen molar-refractivity contribution in [1.29, 1.82) is 0 Å². The van der Waals surface area contributed by atoms with Gasteiger partial charge in [0.25, 0.3) is 0 Å². The van der Waals surface area contributed by atoms with E-state index in [2.05, 4.69) is 106 Å². The van der Waals surface area contributed by atoms with Crippen LogP contribution in [-0.2, 0) is 28.6 Å². The van der Waals surface area contributed by atoms with Gasteiger partial charge in [0, 0.05) is 19.3 Å². The molecule has 0 aliphatic heterocycles. The van der Waals surface area contributed by atoms with Crippen molar-refractivity contribution in [2.45, 2.75) is 271 Å². The predicted molar refractivity (Wildman–Crippen MR) is 288 cm³/mol. The Hall–Kier alpha value is -3.41. The van der Waals surface area contributed by atoms with Crippen LogP contribution >= 0.6 is 0 Å². The first-order valence-electron chi connectivity index (χ1n) is 28.1. The highest BCUT2D eigenvalue weighted by Gasteiger charge is 2.19. The standard InChI is InChI=1S/C61H104O6/c1-4-7-10-13-16-19-22-25-27-29-30-32-33-36-39-42-45-48-51-54-60(63)66-57-58(56-65-59(62)53-50-47-44-41-38-35-24-21-18-15-12-9-6-3)67-61(64)55-52-49-46-43-40-37-34-31-28-26-23-20-17-14-11-8-5-2/h16-17,19-20,22,25-26,28,34-35,37-38,43,46,58H,4-15,18,21,23-24,27,29-33,36,39-42,44-45,47-57H2,1-3H3/b19-16-,20-17-,25-22-,28-26-,37-34-,38-35-,46-43-. The van der Waals surface area contributed by atoms with Crippen molar-refractivity contribution in [3.8, 4) is 0 Å². The molecule has 6 nitrogen and oxygen atoms in total. The molecule has 0 aliphatic rings. The minimum Gasteiger partial charge on any atom is -0.462 e. The van der Waals surface area contributed by atoms with E-state index in [1.54, 1.807) is 0 Å². The molecule has 0 bridgehead atoms. The number of allylic oxidation sites excluding steroid dienone is 14. The summed E-state index contributed by atoms with van der Waals surface area (Å²) >= 11 is 0. The molecule has 0 aromatic heterocycles. The van der Waals surface area contributed by atoms with Crippen molar-refractivity contribution in [2.75, 3.05) is 13.2 Å². The van der Waals surface area contributed by atoms with E-state index in [1.807, 2.05) is 0 Å². The van der Waals surface area contributed by atoms with Crippen LogP contribution in [-0.4, -0.2) is 37.2 Å². The highest BCUT2D eigenvalue weighted by Crippen LogP contribution is 2.14. The van der Waals surface area contributed by atoms with Gasteiger partial charge in [-0.25, -0.2) is 0 Å². The zero-order valence-corrected chi connectivity index (χ0v) is 43.9. The Morgan fingerprint density at radius 3 is 1.03 bits per heavy atom. The van der Waals surface area contributed by atoms with Crippen LogP contribution in [0.4, 0.5) is 0 Å². The summed E-state index contributed by atoms with van der Waals surface area (Å²) in [4.78, 5) is 38.1. The van der Waals surface area contributed by atoms with Gasteiger partial charge in [-0.3, -0.25) is 14.4 Å². The second-order valence-electron chi connectivity index (χ2n) is 18.5. The van der Waals surface area contributed by atoms with Crippen LogP contribution in [0, 0.1) is 0 Å². The lowest BCUT2D eigenvalue weighted by Gasteiger charge is -2.18. The van der Waals surface area contributed by atoms with Crippen LogP contribution in [0.1, 0.15) is 265 Å². The van der Waals surface area contributed by atoms with E-state index >= 15 is 0 Å². The van der Waals surface area contributed by atoms with E-state index in [1.165, 1.54) is 141 Å². The molecular formula is C61H104O6. The Morgan fingerprint density at radius 1 is 0.313 bits per heavy atom. The lowest BCUT2D eigenvalue weighted by molar-refractivity contribution is -0.167. The summed E-state index contributed by atoms with van der Waals surface area (Å²) in [6.07, 6.45) is 71.4. The molecule has 67 heavy (non-hydrogen) atoms. The summed E-state index contributed by atoms with van der Waals surface area (Å²) < 4.78 is 16.8. The number of unbranched alkanes of at least 4 members (excludes halogenated alkanes) is 26. The molecule has 0 saturated heterocycles. The van der Waals surface area contributed by atoms with E-state index in [0.717, 1.165) is 77.0 Å². The molecule has 0 radical (unpaired) electrons. The van der Waals surface area contributed by atoms with Crippen molar-refractivity contribution in [3.05, 3.63) is 85.1 Å². The van der Waals surface area contributed by atoms with Crippen molar-refractivity contribution < 1.29 is 28.6 Å². The summed E-state index contributed by atoms with van der Waals surface area (Å²) in [5, 5.41) is 0. The molecule has 0 rings (SSSR count). The molecule has 0 aromatic carbocycles. The Kier molecular flexibility index (Phi) is 52.4. The number of carbonyl (C=O) groups excluding carboxylic acids is 3. The molecule has 384 valence electrons. The van der Waals surface area contributed by atoms with Gasteiger partial charge in [-0.15, -0.1) is 0 Å². The van der Waals surface area contributed by atoms with Gasteiger partial charge in [0.05, 0.1) is 0 Å². The third kappa shape index (κ3) is 53.4. The van der Waals surface area contributed by atoms with Crippen LogP contribution in [0.2, 0.25) is 0 Å². The lowest BCUT2D eigenvalue weighted by atomic mass is 10.1. The normalized spacial score (nSPS) is 12.7. The monoisotopic (exact) mass is 933 g/mol. The first-order chi connectivity index (χ1) is 33.0. The Balaban J connectivity index is 4.47. The molecule has 0 fully saturated rings. The van der Waals surface area contributed by atoms with Gasteiger partial charge in [0.1, 0.15) is 13.2 Å². The number of rotatable bonds is 50. The molecular weight excluding hydrogens is 829 g/mol. The maximum Gasteiger partial charge on any atom is 0.306 e. The minimum absolute atomic E-state index is 0.105. The van der Waals surface area contributed by atoms with Gasteiger partial charge in [-0.05, 0) is 109 Å². The number of hydrogen-bond donors (Lipinski definition) is 0. The number of hydrogen-bond acceptors (Lipinski definition) is 6. The Morgan fingerprint density at radius 2 is 0.597 bits per heavy atom. The number of carbonyl (C=O) groups is 3. The minimum atomic E-state index is -0.813. The molecule has 0 aromatic rings. The van der Waals surface area contributed by atoms with Crippen molar-refractivity contribution in [2.24, 2.45) is 0 Å². The topological polar surface area (TPSA) is 78.9 Å². The van der Waals surface area contributed by atoms with Crippen molar-refractivity contribution in [1.82, 2.24) is 0 Å². The van der Waals surface area contributed by atoms with Gasteiger partial charge in [0.15, 0.2) is 6.10 Å². The zero-order chi connectivity index (χ0) is 48.6. The van der Waals surface area contributed by atoms with Crippen LogP contribution in [0.25, 0.3) is 0 Å². The van der Waals surface area contributed by atoms with Gasteiger partial charge in [-0.2, -0.15) is 0 Å². The number of esters is 3. The molecule has 0 N–H and O–H groups in total. The molecule has 0 heterocycles. The fourth-order valence-electron chi connectivity index (χ4n) is 7.60. The van der Waals surface area contributed by atoms with E-state index < -0.39 is 6.10 Å². The third-order valence-electron chi connectivity index (χ3n) is 11.9. The van der Waals surface area contributed by atoms with Crippen LogP contribution in [0.3, 0.4) is 0 Å². The summed E-state index contributed by atoms with van der Waals surface area (Å²) in [5.74, 6) is -0.978. The number of ether oxygens (including phenoxy) is 3. The molecule has 0 saturated carbocycles. The molecule has 1 atom stereocenters. The van der Waals surface area contributed by atoms with E-state index in [0.29, 0.717) is 19.3 Å². The summed E-state index contributed by atoms with van der Waals surface area (Å²) in [6, 6.07) is 0. The zero-order valence-electron chi connectivity index (χ0n) is 43.9. The largest absolute Gasteiger partial charge is 0.462 e. The fourth-order valence-corrected chi connectivity index (χ4v) is 7.60. The molecule has 6 heteroatoms.